The average molecular weight is 213 g/mol. The second-order valence-corrected chi connectivity index (χ2v) is 5.60. The number of rotatable bonds is 2. The predicted octanol–water partition coefficient (Wildman–Crippen LogP) is 1.13. The zero-order valence-electron chi connectivity index (χ0n) is 8.47. The van der Waals surface area contributed by atoms with Crippen LogP contribution in [0.2, 0.25) is 0 Å². The van der Waals surface area contributed by atoms with E-state index in [0.29, 0.717) is 5.82 Å². The molecule has 0 spiro atoms. The molecule has 14 heavy (non-hydrogen) atoms. The first-order chi connectivity index (χ1) is 6.63. The fraction of sp³-hybridized carbons (Fsp3) is 0.778. The van der Waals surface area contributed by atoms with Gasteiger partial charge in [0.15, 0.2) is 5.82 Å². The van der Waals surface area contributed by atoms with Gasteiger partial charge in [-0.15, -0.1) is 10.2 Å². The van der Waals surface area contributed by atoms with Crippen LogP contribution in [-0.2, 0) is 7.05 Å². The molecule has 1 fully saturated rings. The predicted molar refractivity (Wildman–Crippen MR) is 56.1 cm³/mol. The van der Waals surface area contributed by atoms with Gasteiger partial charge in [-0.05, 0) is 25.5 Å². The quantitative estimate of drug-likeness (QED) is 0.800. The Hall–Kier alpha value is -0.550. The van der Waals surface area contributed by atoms with Crippen LogP contribution in [-0.4, -0.2) is 30.4 Å². The Balaban J connectivity index is 2.23. The Morgan fingerprint density at radius 2 is 2.50 bits per heavy atom. The Labute approximate surface area is 87.7 Å². The molecule has 5 heteroatoms. The summed E-state index contributed by atoms with van der Waals surface area (Å²) in [6.07, 6.45) is 3.34. The van der Waals surface area contributed by atoms with Crippen LogP contribution >= 0.6 is 11.8 Å². The van der Waals surface area contributed by atoms with Crippen LogP contribution in [0.3, 0.4) is 0 Å². The van der Waals surface area contributed by atoms with E-state index in [1.807, 2.05) is 18.8 Å². The number of aryl methyl sites for hydroxylation is 1. The van der Waals surface area contributed by atoms with Crippen LogP contribution in [0.15, 0.2) is 6.33 Å². The maximum Gasteiger partial charge on any atom is 0.162 e. The molecule has 78 valence electrons. The van der Waals surface area contributed by atoms with Gasteiger partial charge in [0.05, 0.1) is 0 Å². The van der Waals surface area contributed by atoms with Crippen molar-refractivity contribution < 1.29 is 5.11 Å². The Morgan fingerprint density at radius 1 is 1.71 bits per heavy atom. The van der Waals surface area contributed by atoms with Gasteiger partial charge in [-0.25, -0.2) is 0 Å². The van der Waals surface area contributed by atoms with Gasteiger partial charge in [-0.1, -0.05) is 0 Å². The minimum absolute atomic E-state index is 0.0825. The van der Waals surface area contributed by atoms with Crippen LogP contribution in [0.25, 0.3) is 0 Å². The van der Waals surface area contributed by atoms with Gasteiger partial charge in [0.2, 0.25) is 0 Å². The maximum atomic E-state index is 10.2. The molecule has 0 aromatic carbocycles. The number of hydrogen-bond donors (Lipinski definition) is 1. The molecule has 2 unspecified atom stereocenters. The van der Waals surface area contributed by atoms with Crippen molar-refractivity contribution >= 4 is 11.8 Å². The molecule has 1 N–H and O–H groups in total. The van der Waals surface area contributed by atoms with Crippen LogP contribution < -0.4 is 0 Å². The Morgan fingerprint density at radius 3 is 3.00 bits per heavy atom. The van der Waals surface area contributed by atoms with E-state index in [1.54, 1.807) is 10.9 Å². The molecule has 2 heterocycles. The van der Waals surface area contributed by atoms with Gasteiger partial charge in [0.1, 0.15) is 12.4 Å². The van der Waals surface area contributed by atoms with Gasteiger partial charge in [0, 0.05) is 11.8 Å². The van der Waals surface area contributed by atoms with Crippen molar-refractivity contribution in [2.24, 2.45) is 7.05 Å². The topological polar surface area (TPSA) is 50.9 Å². The highest BCUT2D eigenvalue weighted by Crippen LogP contribution is 2.45. The summed E-state index contributed by atoms with van der Waals surface area (Å²) in [7, 11) is 1.86. The fourth-order valence-electron chi connectivity index (χ4n) is 1.83. The summed E-state index contributed by atoms with van der Waals surface area (Å²) < 4.78 is 1.70. The van der Waals surface area contributed by atoms with Gasteiger partial charge >= 0.3 is 0 Å². The van der Waals surface area contributed by atoms with Crippen molar-refractivity contribution in [1.29, 1.82) is 0 Å². The molecular formula is C9H15N3OS. The Kier molecular flexibility index (Phi) is 2.53. The third-order valence-electron chi connectivity index (χ3n) is 2.82. The van der Waals surface area contributed by atoms with Crippen LogP contribution in [0, 0.1) is 0 Å². The number of aliphatic hydroxyl groups excluding tert-OH is 1. The highest BCUT2D eigenvalue weighted by molar-refractivity contribution is 8.00. The zero-order valence-corrected chi connectivity index (χ0v) is 9.29. The van der Waals surface area contributed by atoms with Crippen molar-refractivity contribution in [2.45, 2.75) is 30.6 Å². The minimum Gasteiger partial charge on any atom is -0.384 e. The zero-order chi connectivity index (χ0) is 10.2. The smallest absolute Gasteiger partial charge is 0.162 e. The minimum atomic E-state index is -0.512. The lowest BCUT2D eigenvalue weighted by atomic mass is 9.98. The van der Waals surface area contributed by atoms with E-state index in [9.17, 15) is 5.11 Å². The summed E-state index contributed by atoms with van der Waals surface area (Å²) in [5.74, 6) is 1.80. The van der Waals surface area contributed by atoms with E-state index in [0.717, 1.165) is 12.2 Å². The largest absolute Gasteiger partial charge is 0.384 e. The molecule has 0 saturated carbocycles. The number of aliphatic hydroxyl groups is 1. The molecule has 1 aliphatic rings. The normalized spacial score (nSPS) is 29.4. The highest BCUT2D eigenvalue weighted by Gasteiger charge is 2.39. The molecule has 1 aromatic heterocycles. The molecule has 1 aliphatic heterocycles. The molecule has 2 rings (SSSR count). The third-order valence-corrected chi connectivity index (χ3v) is 4.40. The number of hydrogen-bond acceptors (Lipinski definition) is 4. The van der Waals surface area contributed by atoms with Crippen molar-refractivity contribution in [1.82, 2.24) is 14.8 Å². The van der Waals surface area contributed by atoms with E-state index in [4.69, 9.17) is 0 Å². The molecule has 0 aliphatic carbocycles. The first-order valence-corrected chi connectivity index (χ1v) is 5.78. The molecule has 1 saturated heterocycles. The van der Waals surface area contributed by atoms with Crippen molar-refractivity contribution in [3.05, 3.63) is 12.2 Å². The fourth-order valence-corrected chi connectivity index (χ4v) is 3.14. The molecule has 2 atom stereocenters. The molecule has 0 radical (unpaired) electrons. The maximum absolute atomic E-state index is 10.2. The van der Waals surface area contributed by atoms with E-state index in [2.05, 4.69) is 17.1 Å². The first kappa shape index (κ1) is 9.98. The van der Waals surface area contributed by atoms with Crippen molar-refractivity contribution in [3.8, 4) is 0 Å². The van der Waals surface area contributed by atoms with Gasteiger partial charge in [0.25, 0.3) is 0 Å². The lowest BCUT2D eigenvalue weighted by Crippen LogP contribution is -2.28. The summed E-state index contributed by atoms with van der Waals surface area (Å²) in [5, 5.41) is 17.9. The summed E-state index contributed by atoms with van der Waals surface area (Å²) in [5.41, 5.74) is 0. The third kappa shape index (κ3) is 1.54. The Bertz CT molecular complexity index is 320. The standard InChI is InChI=1S/C9H15N3OS/c1-9(4-3-5-14-9)7(13)8-11-10-6-12(8)2/h6-7,13H,3-5H2,1-2H3. The molecule has 0 bridgehead atoms. The van der Waals surface area contributed by atoms with Crippen LogP contribution in [0.5, 0.6) is 0 Å². The average Bonchev–Trinajstić information content (AvgIpc) is 2.74. The SMILES string of the molecule is Cn1cnnc1C(O)C1(C)CCCS1. The van der Waals surface area contributed by atoms with E-state index < -0.39 is 6.10 Å². The summed E-state index contributed by atoms with van der Waals surface area (Å²) in [6.45, 7) is 2.10. The van der Waals surface area contributed by atoms with E-state index in [1.165, 1.54) is 6.42 Å². The lowest BCUT2D eigenvalue weighted by molar-refractivity contribution is 0.122. The van der Waals surface area contributed by atoms with Gasteiger partial charge in [-0.2, -0.15) is 11.8 Å². The number of thioether (sulfide) groups is 1. The van der Waals surface area contributed by atoms with Gasteiger partial charge < -0.3 is 9.67 Å². The van der Waals surface area contributed by atoms with E-state index >= 15 is 0 Å². The first-order valence-electron chi connectivity index (χ1n) is 4.79. The molecular weight excluding hydrogens is 198 g/mol. The van der Waals surface area contributed by atoms with Crippen molar-refractivity contribution in [2.75, 3.05) is 5.75 Å². The van der Waals surface area contributed by atoms with Crippen LogP contribution in [0.1, 0.15) is 31.7 Å². The molecule has 0 amide bonds. The number of aromatic nitrogens is 3. The molecule has 4 nitrogen and oxygen atoms in total. The van der Waals surface area contributed by atoms with E-state index in [-0.39, 0.29) is 4.75 Å². The second-order valence-electron chi connectivity index (χ2n) is 3.97. The van der Waals surface area contributed by atoms with Gasteiger partial charge in [-0.3, -0.25) is 0 Å². The highest BCUT2D eigenvalue weighted by atomic mass is 32.2. The molecule has 1 aromatic rings. The monoisotopic (exact) mass is 213 g/mol. The summed E-state index contributed by atoms with van der Waals surface area (Å²) >= 11 is 1.83. The second kappa shape index (κ2) is 3.55. The summed E-state index contributed by atoms with van der Waals surface area (Å²) in [6, 6.07) is 0. The van der Waals surface area contributed by atoms with Crippen LogP contribution in [0.4, 0.5) is 0 Å². The summed E-state index contributed by atoms with van der Waals surface area (Å²) in [4.78, 5) is 0. The van der Waals surface area contributed by atoms with Crippen molar-refractivity contribution in [3.63, 3.8) is 0 Å². The number of nitrogens with zero attached hydrogens (tertiary/aromatic N) is 3. The lowest BCUT2D eigenvalue weighted by Gasteiger charge is -2.27.